The van der Waals surface area contributed by atoms with E-state index in [9.17, 15) is 5.26 Å². The smallest absolute Gasteiger partial charge is 0.0852 e. The third-order valence-corrected chi connectivity index (χ3v) is 3.58. The van der Waals surface area contributed by atoms with Crippen molar-refractivity contribution in [3.8, 4) is 6.07 Å². The molecule has 88 valence electrons. The lowest BCUT2D eigenvalue weighted by molar-refractivity contribution is 0.220. The molecule has 2 heteroatoms. The molecule has 0 amide bonds. The van der Waals surface area contributed by atoms with Crippen molar-refractivity contribution in [1.29, 1.82) is 5.26 Å². The summed E-state index contributed by atoms with van der Waals surface area (Å²) in [7, 11) is 0. The Hall–Kier alpha value is -1.59. The summed E-state index contributed by atoms with van der Waals surface area (Å²) in [5.41, 5.74) is 0.867. The van der Waals surface area contributed by atoms with Crippen molar-refractivity contribution >= 4 is 0 Å². The molecule has 1 aliphatic carbocycles. The molecule has 1 aromatic rings. The van der Waals surface area contributed by atoms with Crippen LogP contribution in [0.3, 0.4) is 0 Å². The van der Waals surface area contributed by atoms with Crippen molar-refractivity contribution in [1.82, 2.24) is 5.32 Å². The van der Waals surface area contributed by atoms with Crippen molar-refractivity contribution in [2.24, 2.45) is 0 Å². The number of hydrogen-bond acceptors (Lipinski definition) is 2. The van der Waals surface area contributed by atoms with Crippen LogP contribution in [0.1, 0.15) is 25.3 Å². The number of nitriles is 1. The molecule has 0 aromatic heterocycles. The number of rotatable bonds is 4. The zero-order valence-electron chi connectivity index (χ0n) is 10.2. The fraction of sp³-hybridized carbons (Fsp3) is 0.400. The van der Waals surface area contributed by atoms with Gasteiger partial charge in [-0.2, -0.15) is 5.26 Å². The summed E-state index contributed by atoms with van der Waals surface area (Å²) in [4.78, 5) is 0. The van der Waals surface area contributed by atoms with Crippen LogP contribution in [0.4, 0.5) is 0 Å². The molecule has 1 atom stereocenters. The normalized spacial score (nSPS) is 28.8. The van der Waals surface area contributed by atoms with E-state index in [1.54, 1.807) is 0 Å². The Balaban J connectivity index is 2.03. The highest BCUT2D eigenvalue weighted by atomic mass is 15.0. The highest BCUT2D eigenvalue weighted by Crippen LogP contribution is 2.43. The summed E-state index contributed by atoms with van der Waals surface area (Å²) >= 11 is 0. The molecule has 2 nitrogen and oxygen atoms in total. The topological polar surface area (TPSA) is 35.8 Å². The quantitative estimate of drug-likeness (QED) is 0.801. The molecule has 1 N–H and O–H groups in total. The van der Waals surface area contributed by atoms with Crippen molar-refractivity contribution in [3.63, 3.8) is 0 Å². The predicted molar refractivity (Wildman–Crippen MR) is 69.5 cm³/mol. The summed E-state index contributed by atoms with van der Waals surface area (Å²) in [5.74, 6) is 0. The second-order valence-electron chi connectivity index (χ2n) is 4.86. The first-order valence-electron chi connectivity index (χ1n) is 6.05. The first-order valence-corrected chi connectivity index (χ1v) is 6.05. The molecule has 1 aliphatic rings. The lowest BCUT2D eigenvalue weighted by Gasteiger charge is -2.44. The van der Waals surface area contributed by atoms with Crippen LogP contribution in [0.25, 0.3) is 0 Å². The monoisotopic (exact) mass is 226 g/mol. The van der Waals surface area contributed by atoms with Gasteiger partial charge in [0.2, 0.25) is 0 Å². The molecule has 17 heavy (non-hydrogen) atoms. The Bertz CT molecular complexity index is 424. The highest BCUT2D eigenvalue weighted by Gasteiger charge is 2.45. The van der Waals surface area contributed by atoms with Crippen LogP contribution in [0.2, 0.25) is 0 Å². The minimum Gasteiger partial charge on any atom is -0.308 e. The van der Waals surface area contributed by atoms with Gasteiger partial charge in [0.1, 0.15) is 0 Å². The van der Waals surface area contributed by atoms with Gasteiger partial charge in [-0.05, 0) is 25.3 Å². The van der Waals surface area contributed by atoms with E-state index >= 15 is 0 Å². The predicted octanol–water partition coefficient (Wildman–Crippen LogP) is 2.77. The van der Waals surface area contributed by atoms with Crippen LogP contribution in [-0.4, -0.2) is 12.1 Å². The number of benzene rings is 1. The first kappa shape index (κ1) is 11.9. The second-order valence-corrected chi connectivity index (χ2v) is 4.86. The maximum atomic E-state index is 9.40. The maximum Gasteiger partial charge on any atom is 0.0852 e. The van der Waals surface area contributed by atoms with Gasteiger partial charge in [-0.1, -0.05) is 36.4 Å². The van der Waals surface area contributed by atoms with Crippen LogP contribution in [0.5, 0.6) is 0 Å². The Morgan fingerprint density at radius 2 is 2.12 bits per heavy atom. The van der Waals surface area contributed by atoms with Gasteiger partial charge in [-0.25, -0.2) is 0 Å². The largest absolute Gasteiger partial charge is 0.308 e. The number of nitrogens with one attached hydrogen (secondary N) is 1. The van der Waals surface area contributed by atoms with Crippen molar-refractivity contribution in [2.45, 2.75) is 37.3 Å². The SMILES string of the molecule is C=CC(C)NC1CC(C#N)(c2ccccc2)C1. The minimum absolute atomic E-state index is 0.278. The van der Waals surface area contributed by atoms with Crippen molar-refractivity contribution in [3.05, 3.63) is 48.6 Å². The summed E-state index contributed by atoms with van der Waals surface area (Å²) in [5, 5.41) is 12.9. The first-order chi connectivity index (χ1) is 8.20. The van der Waals surface area contributed by atoms with Gasteiger partial charge in [0.05, 0.1) is 11.5 Å². The lowest BCUT2D eigenvalue weighted by Crippen LogP contribution is -2.52. The van der Waals surface area contributed by atoms with E-state index in [1.807, 2.05) is 24.3 Å². The van der Waals surface area contributed by atoms with Crippen molar-refractivity contribution < 1.29 is 0 Å². The average Bonchev–Trinajstić information content (AvgIpc) is 2.34. The van der Waals surface area contributed by atoms with Crippen LogP contribution >= 0.6 is 0 Å². The molecule has 1 fully saturated rings. The van der Waals surface area contributed by atoms with Gasteiger partial charge in [0.25, 0.3) is 0 Å². The molecule has 0 spiro atoms. The molecule has 1 unspecified atom stereocenters. The summed E-state index contributed by atoms with van der Waals surface area (Å²) in [6, 6.07) is 13.3. The highest BCUT2D eigenvalue weighted by molar-refractivity contribution is 5.36. The fourth-order valence-electron chi connectivity index (χ4n) is 2.49. The summed E-state index contributed by atoms with van der Waals surface area (Å²) in [6.45, 7) is 5.84. The molecule has 0 bridgehead atoms. The van der Waals surface area contributed by atoms with Gasteiger partial charge in [-0.15, -0.1) is 6.58 Å². The molecule has 0 saturated heterocycles. The molecule has 1 saturated carbocycles. The number of hydrogen-bond donors (Lipinski definition) is 1. The zero-order chi connectivity index (χ0) is 12.3. The number of nitrogens with zero attached hydrogens (tertiary/aromatic N) is 1. The van der Waals surface area contributed by atoms with Gasteiger partial charge in [0.15, 0.2) is 0 Å². The van der Waals surface area contributed by atoms with E-state index in [-0.39, 0.29) is 5.41 Å². The molecule has 0 aliphatic heterocycles. The Labute approximate surface area is 103 Å². The van der Waals surface area contributed by atoms with Gasteiger partial charge in [0, 0.05) is 12.1 Å². The van der Waals surface area contributed by atoms with E-state index in [0.717, 1.165) is 18.4 Å². The van der Waals surface area contributed by atoms with Crippen LogP contribution < -0.4 is 5.32 Å². The third kappa shape index (κ3) is 2.25. The van der Waals surface area contributed by atoms with Crippen LogP contribution in [0, 0.1) is 11.3 Å². The Morgan fingerprint density at radius 3 is 2.65 bits per heavy atom. The Morgan fingerprint density at radius 1 is 1.47 bits per heavy atom. The van der Waals surface area contributed by atoms with Gasteiger partial charge >= 0.3 is 0 Å². The Kier molecular flexibility index (Phi) is 3.31. The molecule has 0 radical (unpaired) electrons. The maximum absolute atomic E-state index is 9.40. The van der Waals surface area contributed by atoms with Gasteiger partial charge in [-0.3, -0.25) is 0 Å². The van der Waals surface area contributed by atoms with E-state index in [2.05, 4.69) is 37.0 Å². The average molecular weight is 226 g/mol. The molecule has 0 heterocycles. The summed E-state index contributed by atoms with van der Waals surface area (Å²) in [6.07, 6.45) is 3.69. The minimum atomic E-state index is -0.278. The van der Waals surface area contributed by atoms with Crippen LogP contribution in [0.15, 0.2) is 43.0 Å². The second kappa shape index (κ2) is 4.73. The third-order valence-electron chi connectivity index (χ3n) is 3.58. The zero-order valence-corrected chi connectivity index (χ0v) is 10.2. The fourth-order valence-corrected chi connectivity index (χ4v) is 2.49. The molecular formula is C15H18N2. The molecule has 2 rings (SSSR count). The van der Waals surface area contributed by atoms with Crippen LogP contribution in [-0.2, 0) is 5.41 Å². The standard InChI is InChI=1S/C15H18N2/c1-3-12(2)17-14-9-15(10-14,11-16)13-7-5-4-6-8-13/h3-8,12,14,17H,1,9-10H2,2H3. The molecular weight excluding hydrogens is 208 g/mol. The summed E-state index contributed by atoms with van der Waals surface area (Å²) < 4.78 is 0. The van der Waals surface area contributed by atoms with E-state index in [0.29, 0.717) is 12.1 Å². The lowest BCUT2D eigenvalue weighted by atomic mass is 9.62. The van der Waals surface area contributed by atoms with E-state index in [4.69, 9.17) is 0 Å². The van der Waals surface area contributed by atoms with E-state index in [1.165, 1.54) is 0 Å². The van der Waals surface area contributed by atoms with Crippen molar-refractivity contribution in [2.75, 3.05) is 0 Å². The van der Waals surface area contributed by atoms with Gasteiger partial charge < -0.3 is 5.32 Å². The van der Waals surface area contributed by atoms with E-state index < -0.39 is 0 Å². The molecule has 1 aromatic carbocycles.